The van der Waals surface area contributed by atoms with Gasteiger partial charge >= 0.3 is 5.97 Å². The summed E-state index contributed by atoms with van der Waals surface area (Å²) in [7, 11) is 0. The molecule has 0 radical (unpaired) electrons. The van der Waals surface area contributed by atoms with Gasteiger partial charge in [0.05, 0.1) is 11.7 Å². The van der Waals surface area contributed by atoms with Crippen LogP contribution in [0.3, 0.4) is 0 Å². The molecule has 1 aliphatic carbocycles. The standard InChI is InChI=1S/C13H14O2/c1-3-15-12(14)13(8-9-13)11-6-4-10(2)5-7-11/h3-7H,1,8-9H2,2H3. The lowest BCUT2D eigenvalue weighted by atomic mass is 9.95. The first-order valence-electron chi connectivity index (χ1n) is 5.08. The molecule has 1 aliphatic rings. The second-order valence-corrected chi connectivity index (χ2v) is 4.02. The quantitative estimate of drug-likeness (QED) is 0.556. The van der Waals surface area contributed by atoms with Gasteiger partial charge in [-0.1, -0.05) is 36.4 Å². The number of hydrogen-bond acceptors (Lipinski definition) is 2. The molecule has 2 rings (SSSR count). The van der Waals surface area contributed by atoms with E-state index in [0.717, 1.165) is 18.4 Å². The van der Waals surface area contributed by atoms with Gasteiger partial charge in [0.15, 0.2) is 0 Å². The van der Waals surface area contributed by atoms with Crippen LogP contribution in [-0.2, 0) is 14.9 Å². The van der Waals surface area contributed by atoms with Gasteiger partial charge < -0.3 is 4.74 Å². The summed E-state index contributed by atoms with van der Waals surface area (Å²) in [5.41, 5.74) is 1.87. The summed E-state index contributed by atoms with van der Waals surface area (Å²) in [6.07, 6.45) is 2.96. The predicted octanol–water partition coefficient (Wildman–Crippen LogP) is 2.71. The molecule has 0 unspecified atom stereocenters. The van der Waals surface area contributed by atoms with Gasteiger partial charge in [0.2, 0.25) is 0 Å². The minimum absolute atomic E-state index is 0.179. The SMILES string of the molecule is C=COC(=O)C1(c2ccc(C)cc2)CC1. The molecule has 0 heterocycles. The molecule has 15 heavy (non-hydrogen) atoms. The summed E-state index contributed by atoms with van der Waals surface area (Å²) in [6.45, 7) is 5.44. The molecule has 0 saturated heterocycles. The summed E-state index contributed by atoms with van der Waals surface area (Å²) < 4.78 is 4.88. The minimum Gasteiger partial charge on any atom is -0.434 e. The Morgan fingerprint density at radius 2 is 2.00 bits per heavy atom. The Morgan fingerprint density at radius 3 is 2.47 bits per heavy atom. The highest BCUT2D eigenvalue weighted by atomic mass is 16.5. The number of rotatable bonds is 3. The van der Waals surface area contributed by atoms with E-state index in [4.69, 9.17) is 4.74 Å². The van der Waals surface area contributed by atoms with Crippen molar-refractivity contribution >= 4 is 5.97 Å². The van der Waals surface area contributed by atoms with Crippen LogP contribution in [0.4, 0.5) is 0 Å². The zero-order valence-corrected chi connectivity index (χ0v) is 8.82. The highest BCUT2D eigenvalue weighted by Gasteiger charge is 2.52. The number of aryl methyl sites for hydroxylation is 1. The Kier molecular flexibility index (Phi) is 2.35. The van der Waals surface area contributed by atoms with E-state index in [9.17, 15) is 4.79 Å². The summed E-state index contributed by atoms with van der Waals surface area (Å²) in [6, 6.07) is 8.06. The molecule has 1 aromatic carbocycles. The van der Waals surface area contributed by atoms with Crippen LogP contribution in [0.25, 0.3) is 0 Å². The van der Waals surface area contributed by atoms with Gasteiger partial charge in [-0.3, -0.25) is 4.79 Å². The van der Waals surface area contributed by atoms with Crippen molar-refractivity contribution < 1.29 is 9.53 Å². The second-order valence-electron chi connectivity index (χ2n) is 4.02. The Morgan fingerprint density at radius 1 is 1.40 bits per heavy atom. The monoisotopic (exact) mass is 202 g/mol. The highest BCUT2D eigenvalue weighted by molar-refractivity contribution is 5.87. The van der Waals surface area contributed by atoms with Crippen LogP contribution < -0.4 is 0 Å². The van der Waals surface area contributed by atoms with E-state index in [1.165, 1.54) is 11.8 Å². The fraction of sp³-hybridized carbons (Fsp3) is 0.308. The van der Waals surface area contributed by atoms with Gasteiger partial charge in [0.1, 0.15) is 0 Å². The van der Waals surface area contributed by atoms with Crippen LogP contribution >= 0.6 is 0 Å². The Bertz CT molecular complexity index is 386. The van der Waals surface area contributed by atoms with E-state index in [1.54, 1.807) is 0 Å². The number of hydrogen-bond donors (Lipinski definition) is 0. The zero-order chi connectivity index (χ0) is 10.9. The Balaban J connectivity index is 2.26. The molecule has 1 fully saturated rings. The van der Waals surface area contributed by atoms with Crippen LogP contribution in [0, 0.1) is 6.92 Å². The van der Waals surface area contributed by atoms with Crippen LogP contribution in [0.15, 0.2) is 37.1 Å². The summed E-state index contributed by atoms with van der Waals surface area (Å²) in [5.74, 6) is -0.179. The molecule has 2 nitrogen and oxygen atoms in total. The number of carbonyl (C=O) groups excluding carboxylic acids is 1. The Labute approximate surface area is 89.6 Å². The topological polar surface area (TPSA) is 26.3 Å². The average Bonchev–Trinajstić information content (AvgIpc) is 3.00. The maximum Gasteiger partial charge on any atom is 0.321 e. The normalized spacial score (nSPS) is 16.9. The molecular weight excluding hydrogens is 188 g/mol. The number of ether oxygens (including phenoxy) is 1. The zero-order valence-electron chi connectivity index (χ0n) is 8.82. The van der Waals surface area contributed by atoms with Crippen molar-refractivity contribution in [2.45, 2.75) is 25.2 Å². The van der Waals surface area contributed by atoms with Crippen LogP contribution in [0.1, 0.15) is 24.0 Å². The van der Waals surface area contributed by atoms with Crippen LogP contribution in [-0.4, -0.2) is 5.97 Å². The van der Waals surface area contributed by atoms with Crippen molar-refractivity contribution in [1.82, 2.24) is 0 Å². The van der Waals surface area contributed by atoms with Crippen molar-refractivity contribution in [3.8, 4) is 0 Å². The molecule has 2 heteroatoms. The number of esters is 1. The molecule has 0 spiro atoms. The predicted molar refractivity (Wildman–Crippen MR) is 58.4 cm³/mol. The van der Waals surface area contributed by atoms with Crippen molar-refractivity contribution in [1.29, 1.82) is 0 Å². The summed E-state index contributed by atoms with van der Waals surface area (Å²) >= 11 is 0. The molecule has 78 valence electrons. The van der Waals surface area contributed by atoms with Gasteiger partial charge in [0, 0.05) is 0 Å². The van der Waals surface area contributed by atoms with Crippen LogP contribution in [0.2, 0.25) is 0 Å². The lowest BCUT2D eigenvalue weighted by Crippen LogP contribution is -2.21. The second kappa shape index (κ2) is 3.54. The van der Waals surface area contributed by atoms with E-state index in [-0.39, 0.29) is 11.4 Å². The smallest absolute Gasteiger partial charge is 0.321 e. The molecule has 1 saturated carbocycles. The highest BCUT2D eigenvalue weighted by Crippen LogP contribution is 2.49. The first-order chi connectivity index (χ1) is 7.19. The lowest BCUT2D eigenvalue weighted by Gasteiger charge is -2.12. The fourth-order valence-corrected chi connectivity index (χ4v) is 1.80. The van der Waals surface area contributed by atoms with Gasteiger partial charge in [-0.15, -0.1) is 0 Å². The molecule has 0 bridgehead atoms. The van der Waals surface area contributed by atoms with E-state index in [1.807, 2.05) is 31.2 Å². The summed E-state index contributed by atoms with van der Waals surface area (Å²) in [5, 5.41) is 0. The number of carbonyl (C=O) groups is 1. The molecule has 0 N–H and O–H groups in total. The van der Waals surface area contributed by atoms with Crippen LogP contribution in [0.5, 0.6) is 0 Å². The van der Waals surface area contributed by atoms with Crippen molar-refractivity contribution in [2.24, 2.45) is 0 Å². The summed E-state index contributed by atoms with van der Waals surface area (Å²) in [4.78, 5) is 11.7. The van der Waals surface area contributed by atoms with Gasteiger partial charge in [0.25, 0.3) is 0 Å². The largest absolute Gasteiger partial charge is 0.434 e. The molecular formula is C13H14O2. The maximum atomic E-state index is 11.7. The van der Waals surface area contributed by atoms with Gasteiger partial charge in [-0.2, -0.15) is 0 Å². The molecule has 1 aromatic rings. The molecule has 0 amide bonds. The number of benzene rings is 1. The van der Waals surface area contributed by atoms with Crippen molar-refractivity contribution in [2.75, 3.05) is 0 Å². The van der Waals surface area contributed by atoms with Crippen molar-refractivity contribution in [3.63, 3.8) is 0 Å². The third-order valence-corrected chi connectivity index (χ3v) is 2.94. The van der Waals surface area contributed by atoms with Gasteiger partial charge in [-0.05, 0) is 25.3 Å². The maximum absolute atomic E-state index is 11.7. The van der Waals surface area contributed by atoms with E-state index < -0.39 is 0 Å². The van der Waals surface area contributed by atoms with E-state index in [2.05, 4.69) is 6.58 Å². The average molecular weight is 202 g/mol. The van der Waals surface area contributed by atoms with Gasteiger partial charge in [-0.25, -0.2) is 0 Å². The Hall–Kier alpha value is -1.57. The lowest BCUT2D eigenvalue weighted by molar-refractivity contribution is -0.141. The molecule has 0 atom stereocenters. The molecule has 0 aromatic heterocycles. The first kappa shape index (κ1) is 9.97. The third-order valence-electron chi connectivity index (χ3n) is 2.94. The van der Waals surface area contributed by atoms with E-state index >= 15 is 0 Å². The van der Waals surface area contributed by atoms with E-state index in [0.29, 0.717) is 0 Å². The molecule has 0 aliphatic heterocycles. The van der Waals surface area contributed by atoms with Crippen molar-refractivity contribution in [3.05, 3.63) is 48.2 Å². The first-order valence-corrected chi connectivity index (χ1v) is 5.08. The third kappa shape index (κ3) is 1.67. The fourth-order valence-electron chi connectivity index (χ4n) is 1.80. The minimum atomic E-state index is -0.387.